The lowest BCUT2D eigenvalue weighted by atomic mass is 10.2. The van der Waals surface area contributed by atoms with Gasteiger partial charge in [0, 0.05) is 6.42 Å². The SMILES string of the molecule is COc1ccccc1NC(=O)C1CC(O)CN1C(=O)OCc1ccccc1. The van der Waals surface area contributed by atoms with E-state index in [2.05, 4.69) is 5.32 Å². The fourth-order valence-corrected chi connectivity index (χ4v) is 3.03. The first-order valence-corrected chi connectivity index (χ1v) is 8.67. The van der Waals surface area contributed by atoms with E-state index in [1.54, 1.807) is 24.3 Å². The highest BCUT2D eigenvalue weighted by Gasteiger charge is 2.40. The number of nitrogens with one attached hydrogen (secondary N) is 1. The van der Waals surface area contributed by atoms with Crippen molar-refractivity contribution in [3.8, 4) is 5.75 Å². The minimum absolute atomic E-state index is 0.0532. The number of β-amino-alcohol motifs (C(OH)–C–C–N with tert-alkyl or cyclic N) is 1. The second-order valence-electron chi connectivity index (χ2n) is 6.29. The van der Waals surface area contributed by atoms with Gasteiger partial charge >= 0.3 is 6.09 Å². The van der Waals surface area contributed by atoms with Crippen LogP contribution in [0.5, 0.6) is 5.75 Å². The first kappa shape index (κ1) is 18.7. The monoisotopic (exact) mass is 370 g/mol. The highest BCUT2D eigenvalue weighted by atomic mass is 16.6. The van der Waals surface area contributed by atoms with Crippen LogP contribution in [-0.4, -0.2) is 47.8 Å². The third kappa shape index (κ3) is 4.57. The number of amides is 2. The Hall–Kier alpha value is -3.06. The number of nitrogens with zero attached hydrogens (tertiary/aromatic N) is 1. The van der Waals surface area contributed by atoms with E-state index >= 15 is 0 Å². The standard InChI is InChI=1S/C20H22N2O5/c1-26-18-10-6-5-9-16(18)21-19(24)17-11-15(23)12-22(17)20(25)27-13-14-7-3-2-4-8-14/h2-10,15,17,23H,11-13H2,1H3,(H,21,24). The zero-order valence-electron chi connectivity index (χ0n) is 15.0. The van der Waals surface area contributed by atoms with Gasteiger partial charge < -0.3 is 19.9 Å². The van der Waals surface area contributed by atoms with Crippen molar-refractivity contribution in [3.63, 3.8) is 0 Å². The van der Waals surface area contributed by atoms with Crippen LogP contribution in [0.1, 0.15) is 12.0 Å². The molecule has 27 heavy (non-hydrogen) atoms. The van der Waals surface area contributed by atoms with Crippen molar-refractivity contribution in [2.45, 2.75) is 25.2 Å². The summed E-state index contributed by atoms with van der Waals surface area (Å²) in [6, 6.07) is 15.5. The lowest BCUT2D eigenvalue weighted by molar-refractivity contribution is -0.120. The molecule has 2 atom stereocenters. The maximum absolute atomic E-state index is 12.7. The molecule has 1 fully saturated rings. The van der Waals surface area contributed by atoms with Crippen molar-refractivity contribution in [3.05, 3.63) is 60.2 Å². The van der Waals surface area contributed by atoms with Gasteiger partial charge in [-0.3, -0.25) is 9.69 Å². The molecule has 2 N–H and O–H groups in total. The number of aliphatic hydroxyl groups is 1. The summed E-state index contributed by atoms with van der Waals surface area (Å²) in [5.74, 6) is 0.121. The molecule has 3 rings (SSSR count). The van der Waals surface area contributed by atoms with Crippen molar-refractivity contribution in [2.75, 3.05) is 19.0 Å². The van der Waals surface area contributed by atoms with Crippen LogP contribution in [0, 0.1) is 0 Å². The molecule has 2 amide bonds. The predicted octanol–water partition coefficient (Wildman–Crippen LogP) is 2.41. The summed E-state index contributed by atoms with van der Waals surface area (Å²) in [6.07, 6.45) is -1.25. The van der Waals surface area contributed by atoms with E-state index in [1.807, 2.05) is 30.3 Å². The molecule has 0 bridgehead atoms. The van der Waals surface area contributed by atoms with Gasteiger partial charge in [0.05, 0.1) is 25.4 Å². The number of likely N-dealkylation sites (tertiary alicyclic amines) is 1. The Morgan fingerprint density at radius 1 is 1.15 bits per heavy atom. The summed E-state index contributed by atoms with van der Waals surface area (Å²) in [5, 5.41) is 12.7. The summed E-state index contributed by atoms with van der Waals surface area (Å²) < 4.78 is 10.5. The van der Waals surface area contributed by atoms with Gasteiger partial charge in [0.2, 0.25) is 5.91 Å². The number of hydrogen-bond acceptors (Lipinski definition) is 5. The Labute approximate surface area is 157 Å². The third-order valence-corrected chi connectivity index (χ3v) is 4.39. The Morgan fingerprint density at radius 3 is 2.59 bits per heavy atom. The number of aliphatic hydroxyl groups excluding tert-OH is 1. The van der Waals surface area contributed by atoms with E-state index < -0.39 is 24.1 Å². The van der Waals surface area contributed by atoms with Crippen molar-refractivity contribution >= 4 is 17.7 Å². The number of rotatable bonds is 5. The van der Waals surface area contributed by atoms with Crippen LogP contribution in [0.2, 0.25) is 0 Å². The maximum Gasteiger partial charge on any atom is 0.410 e. The minimum atomic E-state index is -0.812. The molecule has 2 aromatic rings. The molecular formula is C20H22N2O5. The lowest BCUT2D eigenvalue weighted by Gasteiger charge is -2.23. The van der Waals surface area contributed by atoms with E-state index in [0.29, 0.717) is 11.4 Å². The average Bonchev–Trinajstić information content (AvgIpc) is 3.09. The van der Waals surface area contributed by atoms with Gasteiger partial charge in [-0.05, 0) is 17.7 Å². The molecule has 0 spiro atoms. The zero-order chi connectivity index (χ0) is 19.2. The molecule has 2 aromatic carbocycles. The van der Waals surface area contributed by atoms with Crippen LogP contribution < -0.4 is 10.1 Å². The number of methoxy groups -OCH3 is 1. The largest absolute Gasteiger partial charge is 0.495 e. The van der Waals surface area contributed by atoms with Crippen molar-refractivity contribution in [1.82, 2.24) is 4.90 Å². The van der Waals surface area contributed by atoms with Gasteiger partial charge in [0.1, 0.15) is 18.4 Å². The van der Waals surface area contributed by atoms with E-state index in [9.17, 15) is 14.7 Å². The first-order chi connectivity index (χ1) is 13.1. The molecule has 0 aromatic heterocycles. The van der Waals surface area contributed by atoms with Crippen molar-refractivity contribution in [2.24, 2.45) is 0 Å². The van der Waals surface area contributed by atoms with E-state index in [-0.39, 0.29) is 19.6 Å². The van der Waals surface area contributed by atoms with Crippen LogP contribution in [0.4, 0.5) is 10.5 Å². The molecule has 2 unspecified atom stereocenters. The Bertz CT molecular complexity index is 796. The molecule has 1 saturated heterocycles. The van der Waals surface area contributed by atoms with Gasteiger partial charge in [0.15, 0.2) is 0 Å². The van der Waals surface area contributed by atoms with Gasteiger partial charge in [-0.2, -0.15) is 0 Å². The Kier molecular flexibility index (Phi) is 5.93. The molecule has 0 radical (unpaired) electrons. The second kappa shape index (κ2) is 8.55. The Balaban J connectivity index is 1.66. The maximum atomic E-state index is 12.7. The molecule has 0 aliphatic carbocycles. The summed E-state index contributed by atoms with van der Waals surface area (Å²) in [7, 11) is 1.51. The fourth-order valence-electron chi connectivity index (χ4n) is 3.03. The average molecular weight is 370 g/mol. The van der Waals surface area contributed by atoms with Crippen molar-refractivity contribution < 1.29 is 24.2 Å². The lowest BCUT2D eigenvalue weighted by Crippen LogP contribution is -2.43. The minimum Gasteiger partial charge on any atom is -0.495 e. The van der Waals surface area contributed by atoms with Gasteiger partial charge in [-0.15, -0.1) is 0 Å². The first-order valence-electron chi connectivity index (χ1n) is 8.67. The van der Waals surface area contributed by atoms with Crippen molar-refractivity contribution in [1.29, 1.82) is 0 Å². The second-order valence-corrected chi connectivity index (χ2v) is 6.29. The van der Waals surface area contributed by atoms with Crippen LogP contribution >= 0.6 is 0 Å². The predicted molar refractivity (Wildman–Crippen MR) is 99.4 cm³/mol. The molecule has 142 valence electrons. The number of anilines is 1. The fraction of sp³-hybridized carbons (Fsp3) is 0.300. The Morgan fingerprint density at radius 2 is 1.85 bits per heavy atom. The number of carbonyl (C=O) groups is 2. The summed E-state index contributed by atoms with van der Waals surface area (Å²) in [5.41, 5.74) is 1.35. The smallest absolute Gasteiger partial charge is 0.410 e. The summed E-state index contributed by atoms with van der Waals surface area (Å²) >= 11 is 0. The molecule has 1 aliphatic rings. The number of ether oxygens (including phenoxy) is 2. The molecule has 1 aliphatic heterocycles. The molecule has 7 nitrogen and oxygen atoms in total. The molecule has 7 heteroatoms. The normalized spacial score (nSPS) is 18.8. The van der Waals surface area contributed by atoms with E-state index in [0.717, 1.165) is 5.56 Å². The van der Waals surface area contributed by atoms with E-state index in [4.69, 9.17) is 9.47 Å². The number of hydrogen-bond donors (Lipinski definition) is 2. The number of benzene rings is 2. The third-order valence-electron chi connectivity index (χ3n) is 4.39. The van der Waals surface area contributed by atoms with Crippen LogP contribution in [0.3, 0.4) is 0 Å². The van der Waals surface area contributed by atoms with Crippen LogP contribution in [0.15, 0.2) is 54.6 Å². The van der Waals surface area contributed by atoms with Gasteiger partial charge in [0.25, 0.3) is 0 Å². The summed E-state index contributed by atoms with van der Waals surface area (Å²) in [6.45, 7) is 0.157. The summed E-state index contributed by atoms with van der Waals surface area (Å²) in [4.78, 5) is 26.4. The van der Waals surface area contributed by atoms with Crippen LogP contribution in [0.25, 0.3) is 0 Å². The zero-order valence-corrected chi connectivity index (χ0v) is 15.0. The topological polar surface area (TPSA) is 88.1 Å². The molecule has 0 saturated carbocycles. The highest BCUT2D eigenvalue weighted by molar-refractivity contribution is 5.98. The number of para-hydroxylation sites is 2. The van der Waals surface area contributed by atoms with Gasteiger partial charge in [-0.25, -0.2) is 4.79 Å². The van der Waals surface area contributed by atoms with E-state index in [1.165, 1.54) is 12.0 Å². The molecule has 1 heterocycles. The highest BCUT2D eigenvalue weighted by Crippen LogP contribution is 2.26. The molecular weight excluding hydrogens is 348 g/mol. The number of carbonyl (C=O) groups excluding carboxylic acids is 2. The van der Waals surface area contributed by atoms with Gasteiger partial charge in [-0.1, -0.05) is 42.5 Å². The van der Waals surface area contributed by atoms with Crippen LogP contribution in [-0.2, 0) is 16.1 Å². The quantitative estimate of drug-likeness (QED) is 0.844.